The van der Waals surface area contributed by atoms with Gasteiger partial charge in [0, 0.05) is 34.6 Å². The van der Waals surface area contributed by atoms with E-state index in [2.05, 4.69) is 59.0 Å². The van der Waals surface area contributed by atoms with Crippen LogP contribution in [0.15, 0.2) is 53.0 Å². The molecule has 0 saturated heterocycles. The number of thiazole rings is 1. The minimum Gasteiger partial charge on any atom is -0.365 e. The van der Waals surface area contributed by atoms with Crippen molar-refractivity contribution in [1.29, 1.82) is 5.26 Å². The summed E-state index contributed by atoms with van der Waals surface area (Å²) in [6, 6.07) is 14.4. The van der Waals surface area contributed by atoms with Gasteiger partial charge < -0.3 is 15.6 Å². The molecule has 1 aromatic carbocycles. The second kappa shape index (κ2) is 8.76. The van der Waals surface area contributed by atoms with E-state index < -0.39 is 5.91 Å². The van der Waals surface area contributed by atoms with Crippen LogP contribution in [0.4, 0.5) is 5.13 Å². The number of nitriles is 1. The molecule has 0 atom stereocenters. The number of hydrogen-bond acceptors (Lipinski definition) is 5. The number of nitrogens with zero attached hydrogens (tertiary/aromatic N) is 3. The summed E-state index contributed by atoms with van der Waals surface area (Å²) >= 11 is 1.42. The van der Waals surface area contributed by atoms with Crippen LogP contribution >= 0.6 is 11.3 Å². The SMILES string of the molecule is C/C(Nc1nc(-c2cc(C)n(CCc3ccccc3)c2C)cs1)=C(/C#N)C(N)=O. The number of anilines is 1. The first-order chi connectivity index (χ1) is 13.9. The molecule has 0 aliphatic heterocycles. The third-order valence-electron chi connectivity index (χ3n) is 4.85. The van der Waals surface area contributed by atoms with Crippen LogP contribution in [0.25, 0.3) is 11.3 Å². The van der Waals surface area contributed by atoms with E-state index >= 15 is 0 Å². The zero-order valence-corrected chi connectivity index (χ0v) is 17.5. The molecular formula is C22H23N5OS. The fourth-order valence-electron chi connectivity index (χ4n) is 3.29. The van der Waals surface area contributed by atoms with E-state index in [1.165, 1.54) is 22.6 Å². The monoisotopic (exact) mass is 405 g/mol. The molecule has 0 spiro atoms. The molecule has 1 amide bonds. The van der Waals surface area contributed by atoms with Gasteiger partial charge in [-0.25, -0.2) is 4.98 Å². The second-order valence-corrected chi connectivity index (χ2v) is 7.67. The Labute approximate surface area is 174 Å². The topological polar surface area (TPSA) is 96.7 Å². The van der Waals surface area contributed by atoms with Crippen molar-refractivity contribution in [2.75, 3.05) is 5.32 Å². The van der Waals surface area contributed by atoms with E-state index in [0.717, 1.165) is 29.9 Å². The highest BCUT2D eigenvalue weighted by atomic mass is 32.1. The molecular weight excluding hydrogens is 382 g/mol. The van der Waals surface area contributed by atoms with Gasteiger partial charge in [0.1, 0.15) is 11.6 Å². The van der Waals surface area contributed by atoms with Crippen molar-refractivity contribution in [1.82, 2.24) is 9.55 Å². The zero-order valence-electron chi connectivity index (χ0n) is 16.7. The fourth-order valence-corrected chi connectivity index (χ4v) is 4.06. The van der Waals surface area contributed by atoms with Crippen molar-refractivity contribution in [3.8, 4) is 17.3 Å². The normalized spacial score (nSPS) is 11.7. The van der Waals surface area contributed by atoms with Gasteiger partial charge in [0.2, 0.25) is 0 Å². The summed E-state index contributed by atoms with van der Waals surface area (Å²) in [6.45, 7) is 6.75. The molecule has 0 aliphatic carbocycles. The number of nitrogens with one attached hydrogen (secondary N) is 1. The average molecular weight is 406 g/mol. The van der Waals surface area contributed by atoms with Gasteiger partial charge in [-0.1, -0.05) is 30.3 Å². The molecule has 148 valence electrons. The maximum Gasteiger partial charge on any atom is 0.261 e. The van der Waals surface area contributed by atoms with Gasteiger partial charge in [0.05, 0.1) is 5.69 Å². The largest absolute Gasteiger partial charge is 0.365 e. The third-order valence-corrected chi connectivity index (χ3v) is 5.61. The maximum absolute atomic E-state index is 11.3. The lowest BCUT2D eigenvalue weighted by atomic mass is 10.1. The van der Waals surface area contributed by atoms with Crippen LogP contribution in [0.5, 0.6) is 0 Å². The number of benzene rings is 1. The first kappa shape index (κ1) is 20.4. The predicted molar refractivity (Wildman–Crippen MR) is 116 cm³/mol. The average Bonchev–Trinajstić information content (AvgIpc) is 3.25. The highest BCUT2D eigenvalue weighted by molar-refractivity contribution is 7.14. The zero-order chi connectivity index (χ0) is 21.0. The first-order valence-corrected chi connectivity index (χ1v) is 10.1. The van der Waals surface area contributed by atoms with Crippen LogP contribution in [-0.4, -0.2) is 15.5 Å². The van der Waals surface area contributed by atoms with Crippen LogP contribution < -0.4 is 11.1 Å². The van der Waals surface area contributed by atoms with E-state index in [1.54, 1.807) is 6.92 Å². The molecule has 0 saturated carbocycles. The van der Waals surface area contributed by atoms with Crippen LogP contribution in [-0.2, 0) is 17.8 Å². The van der Waals surface area contributed by atoms with Gasteiger partial charge in [-0.15, -0.1) is 11.3 Å². The van der Waals surface area contributed by atoms with E-state index in [0.29, 0.717) is 10.8 Å². The fraction of sp³-hybridized carbons (Fsp3) is 0.227. The molecule has 7 heteroatoms. The molecule has 0 aliphatic rings. The van der Waals surface area contributed by atoms with Crippen molar-refractivity contribution < 1.29 is 4.79 Å². The summed E-state index contributed by atoms with van der Waals surface area (Å²) in [5.41, 5.74) is 11.1. The van der Waals surface area contributed by atoms with E-state index in [9.17, 15) is 4.79 Å². The summed E-state index contributed by atoms with van der Waals surface area (Å²) in [5.74, 6) is -0.753. The van der Waals surface area contributed by atoms with Crippen LogP contribution in [0.1, 0.15) is 23.9 Å². The Kier molecular flexibility index (Phi) is 6.15. The predicted octanol–water partition coefficient (Wildman–Crippen LogP) is 4.17. The van der Waals surface area contributed by atoms with E-state index in [4.69, 9.17) is 11.0 Å². The number of aryl methyl sites for hydroxylation is 2. The number of carbonyl (C=O) groups is 1. The summed E-state index contributed by atoms with van der Waals surface area (Å²) in [7, 11) is 0. The smallest absolute Gasteiger partial charge is 0.261 e. The molecule has 29 heavy (non-hydrogen) atoms. The van der Waals surface area contributed by atoms with Crippen molar-refractivity contribution >= 4 is 22.4 Å². The van der Waals surface area contributed by atoms with Gasteiger partial charge in [-0.2, -0.15) is 5.26 Å². The van der Waals surface area contributed by atoms with E-state index in [-0.39, 0.29) is 5.57 Å². The van der Waals surface area contributed by atoms with Crippen molar-refractivity contribution in [3.05, 3.63) is 70.0 Å². The minimum atomic E-state index is -0.753. The lowest BCUT2D eigenvalue weighted by Gasteiger charge is -2.09. The quantitative estimate of drug-likeness (QED) is 0.455. The van der Waals surface area contributed by atoms with E-state index in [1.807, 2.05) is 17.5 Å². The minimum absolute atomic E-state index is 0.0964. The molecule has 3 rings (SSSR count). The van der Waals surface area contributed by atoms with Crippen LogP contribution in [0.2, 0.25) is 0 Å². The molecule has 3 aromatic rings. The van der Waals surface area contributed by atoms with Gasteiger partial charge >= 0.3 is 0 Å². The standard InChI is InChI=1S/C22H23N5OS/c1-14-11-18(16(3)27(14)10-9-17-7-5-4-6-8-17)20-13-29-22(26-20)25-15(2)19(12-23)21(24)28/h4-8,11,13H,9-10H2,1-3H3,(H2,24,28)(H,25,26)/b19-15+. The number of carbonyl (C=O) groups excluding carboxylic acids is 1. The Hall–Kier alpha value is -3.37. The molecule has 0 radical (unpaired) electrons. The molecule has 3 N–H and O–H groups in total. The first-order valence-electron chi connectivity index (χ1n) is 9.25. The third kappa shape index (κ3) is 4.55. The molecule has 2 aromatic heterocycles. The van der Waals surface area contributed by atoms with Gasteiger partial charge in [-0.05, 0) is 38.8 Å². The van der Waals surface area contributed by atoms with Crippen molar-refractivity contribution in [2.24, 2.45) is 5.73 Å². The number of hydrogen-bond donors (Lipinski definition) is 2. The van der Waals surface area contributed by atoms with Crippen molar-refractivity contribution in [2.45, 2.75) is 33.7 Å². The number of primary amides is 1. The number of amides is 1. The number of nitrogens with two attached hydrogens (primary N) is 1. The number of rotatable bonds is 7. The second-order valence-electron chi connectivity index (χ2n) is 6.81. The lowest BCUT2D eigenvalue weighted by Crippen LogP contribution is -2.16. The number of allylic oxidation sites excluding steroid dienone is 1. The van der Waals surface area contributed by atoms with Gasteiger partial charge in [0.15, 0.2) is 5.13 Å². The number of aromatic nitrogens is 2. The Balaban J connectivity index is 1.80. The molecule has 0 fully saturated rings. The van der Waals surface area contributed by atoms with Crippen LogP contribution in [0.3, 0.4) is 0 Å². The molecule has 2 heterocycles. The Morgan fingerprint density at radius 1 is 1.31 bits per heavy atom. The lowest BCUT2D eigenvalue weighted by molar-refractivity contribution is -0.114. The summed E-state index contributed by atoms with van der Waals surface area (Å²) < 4.78 is 2.31. The Morgan fingerprint density at radius 3 is 2.69 bits per heavy atom. The summed E-state index contributed by atoms with van der Waals surface area (Å²) in [4.78, 5) is 15.9. The molecule has 0 unspecified atom stereocenters. The molecule has 0 bridgehead atoms. The maximum atomic E-state index is 11.3. The van der Waals surface area contributed by atoms with Crippen molar-refractivity contribution in [3.63, 3.8) is 0 Å². The Morgan fingerprint density at radius 2 is 2.03 bits per heavy atom. The van der Waals surface area contributed by atoms with Crippen LogP contribution in [0, 0.1) is 25.2 Å². The Bertz CT molecular complexity index is 1100. The van der Waals surface area contributed by atoms with Gasteiger partial charge in [-0.3, -0.25) is 4.79 Å². The summed E-state index contributed by atoms with van der Waals surface area (Å²) in [6.07, 6.45) is 0.967. The molecule has 6 nitrogen and oxygen atoms in total. The van der Waals surface area contributed by atoms with Gasteiger partial charge in [0.25, 0.3) is 5.91 Å². The summed E-state index contributed by atoms with van der Waals surface area (Å²) in [5, 5.41) is 14.7. The highest BCUT2D eigenvalue weighted by Gasteiger charge is 2.15. The highest BCUT2D eigenvalue weighted by Crippen LogP contribution is 2.30.